The average molecular weight is 257 g/mol. The third-order valence-corrected chi connectivity index (χ3v) is 2.28. The van der Waals surface area contributed by atoms with Crippen LogP contribution in [0.2, 0.25) is 0 Å². The zero-order valence-corrected chi connectivity index (χ0v) is 10.6. The van der Waals surface area contributed by atoms with Gasteiger partial charge in [-0.3, -0.25) is 9.63 Å². The minimum absolute atomic E-state index is 0.168. The largest absolute Gasteiger partial charge is 0.490 e. The number of amides is 1. The molecule has 100 valence electrons. The van der Waals surface area contributed by atoms with Gasteiger partial charge in [0.2, 0.25) is 0 Å². The van der Waals surface area contributed by atoms with Crippen molar-refractivity contribution in [2.75, 3.05) is 34.5 Å². The fourth-order valence-electron chi connectivity index (χ4n) is 1.28. The van der Waals surface area contributed by atoms with Crippen LogP contribution in [0.5, 0.6) is 5.75 Å². The van der Waals surface area contributed by atoms with Crippen LogP contribution in [-0.2, 0) is 9.57 Å². The van der Waals surface area contributed by atoms with Crippen LogP contribution in [0.15, 0.2) is 18.2 Å². The number of hydrogen-bond donors (Lipinski definition) is 0. The Kier molecular flexibility index (Phi) is 5.54. The number of carbonyl (C=O) groups is 1. The second-order valence-corrected chi connectivity index (χ2v) is 3.47. The van der Waals surface area contributed by atoms with E-state index in [9.17, 15) is 9.18 Å². The van der Waals surface area contributed by atoms with Crippen molar-refractivity contribution in [1.29, 1.82) is 0 Å². The van der Waals surface area contributed by atoms with Crippen molar-refractivity contribution in [3.63, 3.8) is 0 Å². The van der Waals surface area contributed by atoms with E-state index in [0.717, 1.165) is 11.1 Å². The molecule has 18 heavy (non-hydrogen) atoms. The maximum absolute atomic E-state index is 13.1. The molecule has 0 aliphatic carbocycles. The van der Waals surface area contributed by atoms with Gasteiger partial charge < -0.3 is 9.47 Å². The first-order chi connectivity index (χ1) is 8.60. The Bertz CT molecular complexity index is 411. The van der Waals surface area contributed by atoms with E-state index in [2.05, 4.69) is 0 Å². The van der Waals surface area contributed by atoms with Crippen molar-refractivity contribution in [3.05, 3.63) is 29.6 Å². The lowest BCUT2D eigenvalue weighted by Gasteiger charge is -2.16. The lowest BCUT2D eigenvalue weighted by molar-refractivity contribution is -0.0758. The first-order valence-corrected chi connectivity index (χ1v) is 5.33. The predicted octanol–water partition coefficient (Wildman–Crippen LogP) is 1.48. The Morgan fingerprint density at radius 2 is 2.06 bits per heavy atom. The molecule has 0 aromatic heterocycles. The molecule has 0 unspecified atom stereocenters. The van der Waals surface area contributed by atoms with Crippen molar-refractivity contribution in [2.45, 2.75) is 0 Å². The van der Waals surface area contributed by atoms with Crippen molar-refractivity contribution in [2.24, 2.45) is 0 Å². The van der Waals surface area contributed by atoms with Gasteiger partial charge in [-0.25, -0.2) is 9.45 Å². The Labute approximate surface area is 105 Å². The van der Waals surface area contributed by atoms with Gasteiger partial charge in [-0.05, 0) is 12.1 Å². The highest BCUT2D eigenvalue weighted by molar-refractivity contribution is 5.96. The molecule has 1 amide bonds. The number of methoxy groups -OCH3 is 1. The van der Waals surface area contributed by atoms with Gasteiger partial charge in [0.05, 0.1) is 19.3 Å². The van der Waals surface area contributed by atoms with Crippen molar-refractivity contribution < 1.29 is 23.5 Å². The lowest BCUT2D eigenvalue weighted by Crippen LogP contribution is -2.26. The topological polar surface area (TPSA) is 48.0 Å². The molecular formula is C12H16FNO4. The van der Waals surface area contributed by atoms with Gasteiger partial charge in [-0.1, -0.05) is 0 Å². The first-order valence-electron chi connectivity index (χ1n) is 5.33. The van der Waals surface area contributed by atoms with Crippen LogP contribution in [0.25, 0.3) is 0 Å². The smallest absolute Gasteiger partial charge is 0.280 e. The zero-order valence-electron chi connectivity index (χ0n) is 10.6. The molecule has 0 heterocycles. The van der Waals surface area contributed by atoms with Gasteiger partial charge in [-0.2, -0.15) is 0 Å². The predicted molar refractivity (Wildman–Crippen MR) is 62.9 cm³/mol. The molecule has 0 bridgehead atoms. The minimum atomic E-state index is -0.473. The van der Waals surface area contributed by atoms with Gasteiger partial charge in [0, 0.05) is 20.2 Å². The highest BCUT2D eigenvalue weighted by Crippen LogP contribution is 2.21. The van der Waals surface area contributed by atoms with Gasteiger partial charge in [0.15, 0.2) is 0 Å². The highest BCUT2D eigenvalue weighted by Gasteiger charge is 2.17. The Morgan fingerprint density at radius 3 is 2.67 bits per heavy atom. The van der Waals surface area contributed by atoms with E-state index in [4.69, 9.17) is 14.3 Å². The van der Waals surface area contributed by atoms with Crippen LogP contribution in [0.1, 0.15) is 10.4 Å². The van der Waals surface area contributed by atoms with Crippen molar-refractivity contribution in [1.82, 2.24) is 5.06 Å². The summed E-state index contributed by atoms with van der Waals surface area (Å²) < 4.78 is 23.3. The highest BCUT2D eigenvalue weighted by atomic mass is 19.1. The van der Waals surface area contributed by atoms with Crippen LogP contribution < -0.4 is 4.74 Å². The van der Waals surface area contributed by atoms with E-state index in [1.54, 1.807) is 0 Å². The summed E-state index contributed by atoms with van der Waals surface area (Å²) in [5.74, 6) is -0.718. The van der Waals surface area contributed by atoms with Gasteiger partial charge in [-0.15, -0.1) is 0 Å². The first kappa shape index (κ1) is 14.4. The number of rotatable bonds is 6. The number of carbonyl (C=O) groups excluding carboxylic acids is 1. The Morgan fingerprint density at radius 1 is 1.33 bits per heavy atom. The summed E-state index contributed by atoms with van der Waals surface area (Å²) in [5, 5.41) is 1.04. The van der Waals surface area contributed by atoms with Crippen LogP contribution in [0, 0.1) is 5.82 Å². The molecule has 1 aromatic carbocycles. The number of benzene rings is 1. The third kappa shape index (κ3) is 3.68. The minimum Gasteiger partial charge on any atom is -0.490 e. The molecule has 0 spiro atoms. The fourth-order valence-corrected chi connectivity index (χ4v) is 1.28. The molecule has 0 radical (unpaired) electrons. The maximum Gasteiger partial charge on any atom is 0.280 e. The second-order valence-electron chi connectivity index (χ2n) is 3.47. The fraction of sp³-hybridized carbons (Fsp3) is 0.417. The number of hydrogen-bond acceptors (Lipinski definition) is 4. The summed E-state index contributed by atoms with van der Waals surface area (Å²) in [6.07, 6.45) is 0. The standard InChI is InChI=1S/C12H16FNO4/c1-14(17-3)12(15)10-5-4-9(13)8-11(10)18-7-6-16-2/h4-5,8H,6-7H2,1-3H3. The molecular weight excluding hydrogens is 241 g/mol. The van der Waals surface area contributed by atoms with Crippen LogP contribution >= 0.6 is 0 Å². The van der Waals surface area contributed by atoms with Crippen molar-refractivity contribution >= 4 is 5.91 Å². The van der Waals surface area contributed by atoms with E-state index >= 15 is 0 Å². The monoisotopic (exact) mass is 257 g/mol. The molecule has 5 nitrogen and oxygen atoms in total. The van der Waals surface area contributed by atoms with E-state index in [1.165, 1.54) is 33.4 Å². The Hall–Kier alpha value is -1.66. The summed E-state index contributed by atoms with van der Waals surface area (Å²) in [5.41, 5.74) is 0.233. The zero-order chi connectivity index (χ0) is 13.5. The molecule has 0 aliphatic heterocycles. The molecule has 0 fully saturated rings. The molecule has 0 aliphatic rings. The quantitative estimate of drug-likeness (QED) is 0.572. The number of hydroxylamine groups is 2. The van der Waals surface area contributed by atoms with E-state index in [1.807, 2.05) is 0 Å². The molecule has 1 rings (SSSR count). The summed E-state index contributed by atoms with van der Waals surface area (Å²) in [6.45, 7) is 0.585. The average Bonchev–Trinajstić information content (AvgIpc) is 2.37. The SMILES string of the molecule is COCCOc1cc(F)ccc1C(=O)N(C)OC. The van der Waals surface area contributed by atoms with Gasteiger partial charge >= 0.3 is 0 Å². The van der Waals surface area contributed by atoms with Crippen molar-refractivity contribution in [3.8, 4) is 5.75 Å². The molecule has 0 saturated carbocycles. The third-order valence-electron chi connectivity index (χ3n) is 2.28. The summed E-state index contributed by atoms with van der Waals surface area (Å²) in [4.78, 5) is 16.7. The lowest BCUT2D eigenvalue weighted by atomic mass is 10.2. The number of nitrogens with zero attached hydrogens (tertiary/aromatic N) is 1. The van der Waals surface area contributed by atoms with Crippen LogP contribution in [0.3, 0.4) is 0 Å². The maximum atomic E-state index is 13.1. The normalized spacial score (nSPS) is 10.2. The molecule has 0 saturated heterocycles. The van der Waals surface area contributed by atoms with E-state index in [-0.39, 0.29) is 17.9 Å². The number of ether oxygens (including phenoxy) is 2. The number of halogens is 1. The van der Waals surface area contributed by atoms with Crippen LogP contribution in [0.4, 0.5) is 4.39 Å². The molecule has 0 atom stereocenters. The molecule has 6 heteroatoms. The van der Waals surface area contributed by atoms with E-state index < -0.39 is 11.7 Å². The summed E-state index contributed by atoms with van der Waals surface area (Å²) in [7, 11) is 4.36. The molecule has 1 aromatic rings. The van der Waals surface area contributed by atoms with Gasteiger partial charge in [0.25, 0.3) is 5.91 Å². The second kappa shape index (κ2) is 6.93. The molecule has 0 N–H and O–H groups in total. The van der Waals surface area contributed by atoms with Gasteiger partial charge in [0.1, 0.15) is 18.2 Å². The van der Waals surface area contributed by atoms with E-state index in [0.29, 0.717) is 6.61 Å². The Balaban J connectivity index is 2.92. The van der Waals surface area contributed by atoms with Crippen LogP contribution in [-0.4, -0.2) is 45.5 Å². The summed E-state index contributed by atoms with van der Waals surface area (Å²) in [6, 6.07) is 3.71. The summed E-state index contributed by atoms with van der Waals surface area (Å²) >= 11 is 0.